The molecule has 0 unspecified atom stereocenters. The Morgan fingerprint density at radius 1 is 1.14 bits per heavy atom. The number of benzene rings is 2. The average Bonchev–Trinajstić information content (AvgIpc) is 2.89. The Kier molecular flexibility index (Phi) is 3.69. The second-order valence-corrected chi connectivity index (χ2v) is 6.72. The second-order valence-electron chi connectivity index (χ2n) is 5.10. The van der Waals surface area contributed by atoms with E-state index < -0.39 is 10.1 Å². The number of hydrogen-bond donors (Lipinski definition) is 0. The zero-order valence-corrected chi connectivity index (χ0v) is 12.5. The maximum Gasteiger partial charge on any atom is 0.297 e. The number of para-hydroxylation sites is 1. The minimum absolute atomic E-state index is 0.0187. The fraction of sp³-hybridized carbons (Fsp3) is 0.250. The predicted octanol–water partition coefficient (Wildman–Crippen LogP) is 2.70. The summed E-state index contributed by atoms with van der Waals surface area (Å²) < 4.78 is 35.0. The lowest BCUT2D eigenvalue weighted by atomic mass is 10.1. The van der Waals surface area contributed by atoms with Gasteiger partial charge in [0.15, 0.2) is 0 Å². The van der Waals surface area contributed by atoms with Crippen molar-refractivity contribution >= 4 is 10.1 Å². The third-order valence-corrected chi connectivity index (χ3v) is 4.73. The average molecular weight is 304 g/mol. The maximum absolute atomic E-state index is 12.1. The van der Waals surface area contributed by atoms with Crippen LogP contribution in [0.3, 0.4) is 0 Å². The molecular formula is C16H16O4S. The molecule has 0 fully saturated rings. The highest BCUT2D eigenvalue weighted by molar-refractivity contribution is 7.86. The second kappa shape index (κ2) is 5.50. The van der Waals surface area contributed by atoms with Crippen molar-refractivity contribution < 1.29 is 17.3 Å². The van der Waals surface area contributed by atoms with Gasteiger partial charge in [-0.2, -0.15) is 8.42 Å². The van der Waals surface area contributed by atoms with Crippen LogP contribution < -0.4 is 4.74 Å². The van der Waals surface area contributed by atoms with Gasteiger partial charge in [-0.25, -0.2) is 0 Å². The SMILES string of the molecule is Cc1ccc(S(=O)(=O)OC[C@H]2Cc3ccccc3O2)cc1. The van der Waals surface area contributed by atoms with Crippen LogP contribution >= 0.6 is 0 Å². The largest absolute Gasteiger partial charge is 0.487 e. The van der Waals surface area contributed by atoms with E-state index >= 15 is 0 Å². The molecule has 1 aliphatic rings. The molecule has 2 aromatic rings. The minimum Gasteiger partial charge on any atom is -0.487 e. The van der Waals surface area contributed by atoms with Crippen LogP contribution in [-0.4, -0.2) is 21.1 Å². The number of ether oxygens (including phenoxy) is 1. The van der Waals surface area contributed by atoms with Crippen molar-refractivity contribution in [3.05, 3.63) is 59.7 Å². The minimum atomic E-state index is -3.73. The lowest BCUT2D eigenvalue weighted by molar-refractivity contribution is 0.152. The Bertz CT molecular complexity index is 710. The molecule has 1 aliphatic heterocycles. The highest BCUT2D eigenvalue weighted by atomic mass is 32.2. The maximum atomic E-state index is 12.1. The van der Waals surface area contributed by atoms with E-state index in [1.807, 2.05) is 31.2 Å². The monoisotopic (exact) mass is 304 g/mol. The van der Waals surface area contributed by atoms with E-state index in [0.717, 1.165) is 16.9 Å². The topological polar surface area (TPSA) is 52.6 Å². The van der Waals surface area contributed by atoms with E-state index in [9.17, 15) is 8.42 Å². The summed E-state index contributed by atoms with van der Waals surface area (Å²) in [5.41, 5.74) is 2.09. The van der Waals surface area contributed by atoms with E-state index in [0.29, 0.717) is 6.42 Å². The van der Waals surface area contributed by atoms with Gasteiger partial charge in [-0.1, -0.05) is 35.9 Å². The van der Waals surface area contributed by atoms with Gasteiger partial charge in [0.1, 0.15) is 18.5 Å². The molecule has 3 rings (SSSR count). The molecule has 1 atom stereocenters. The van der Waals surface area contributed by atoms with Gasteiger partial charge in [0.05, 0.1) is 4.90 Å². The summed E-state index contributed by atoms with van der Waals surface area (Å²) in [6.07, 6.45) is 0.405. The van der Waals surface area contributed by atoms with Crippen LogP contribution in [0.5, 0.6) is 5.75 Å². The van der Waals surface area contributed by atoms with Gasteiger partial charge in [-0.3, -0.25) is 4.18 Å². The first-order valence-electron chi connectivity index (χ1n) is 6.75. The molecule has 0 aliphatic carbocycles. The molecule has 0 aromatic heterocycles. The predicted molar refractivity (Wildman–Crippen MR) is 78.9 cm³/mol. The smallest absolute Gasteiger partial charge is 0.297 e. The summed E-state index contributed by atoms with van der Waals surface area (Å²) in [6.45, 7) is 1.92. The molecule has 0 bridgehead atoms. The number of hydrogen-bond acceptors (Lipinski definition) is 4. The van der Waals surface area contributed by atoms with Gasteiger partial charge in [0.25, 0.3) is 10.1 Å². The molecule has 21 heavy (non-hydrogen) atoms. The van der Waals surface area contributed by atoms with Gasteiger partial charge in [0, 0.05) is 6.42 Å². The van der Waals surface area contributed by atoms with E-state index in [2.05, 4.69) is 0 Å². The summed E-state index contributed by atoms with van der Waals surface area (Å²) in [6, 6.07) is 14.3. The zero-order chi connectivity index (χ0) is 14.9. The van der Waals surface area contributed by atoms with Crippen LogP contribution in [0.2, 0.25) is 0 Å². The number of aryl methyl sites for hydroxylation is 1. The fourth-order valence-corrected chi connectivity index (χ4v) is 3.22. The van der Waals surface area contributed by atoms with Crippen LogP contribution in [-0.2, 0) is 20.7 Å². The third kappa shape index (κ3) is 3.09. The van der Waals surface area contributed by atoms with Gasteiger partial charge >= 0.3 is 0 Å². The summed E-state index contributed by atoms with van der Waals surface area (Å²) in [5, 5.41) is 0. The molecule has 0 saturated carbocycles. The van der Waals surface area contributed by atoms with Crippen molar-refractivity contribution in [1.29, 1.82) is 0 Å². The summed E-state index contributed by atoms with van der Waals surface area (Å²) in [5.74, 6) is 0.804. The Morgan fingerprint density at radius 2 is 1.86 bits per heavy atom. The number of rotatable bonds is 4. The van der Waals surface area contributed by atoms with Crippen LogP contribution in [0.25, 0.3) is 0 Å². The molecule has 0 radical (unpaired) electrons. The quantitative estimate of drug-likeness (QED) is 0.815. The number of fused-ring (bicyclic) bond motifs is 1. The van der Waals surface area contributed by atoms with Crippen LogP contribution in [0.1, 0.15) is 11.1 Å². The summed E-state index contributed by atoms with van der Waals surface area (Å²) in [7, 11) is -3.73. The first-order chi connectivity index (χ1) is 10.0. The Hall–Kier alpha value is -1.85. The van der Waals surface area contributed by atoms with Gasteiger partial charge < -0.3 is 4.74 Å². The first-order valence-corrected chi connectivity index (χ1v) is 8.16. The lowest BCUT2D eigenvalue weighted by Crippen LogP contribution is -2.23. The standard InChI is InChI=1S/C16H16O4S/c1-12-6-8-15(9-7-12)21(17,18)19-11-14-10-13-4-2-3-5-16(13)20-14/h2-9,14H,10-11H2,1H3/t14-/m1/s1. The normalized spacial score (nSPS) is 17.3. The molecule has 0 spiro atoms. The van der Waals surface area contributed by atoms with Crippen molar-refractivity contribution in [2.24, 2.45) is 0 Å². The molecule has 1 heterocycles. The summed E-state index contributed by atoms with van der Waals surface area (Å²) >= 11 is 0. The van der Waals surface area contributed by atoms with Crippen LogP contribution in [0, 0.1) is 6.92 Å². The van der Waals surface area contributed by atoms with E-state index in [1.54, 1.807) is 24.3 Å². The molecule has 2 aromatic carbocycles. The molecule has 0 saturated heterocycles. The molecular weight excluding hydrogens is 288 g/mol. The van der Waals surface area contributed by atoms with E-state index in [1.165, 1.54) is 0 Å². The molecule has 0 amide bonds. The molecule has 5 heteroatoms. The Morgan fingerprint density at radius 3 is 2.57 bits per heavy atom. The molecule has 4 nitrogen and oxygen atoms in total. The van der Waals surface area contributed by atoms with E-state index in [-0.39, 0.29) is 17.6 Å². The van der Waals surface area contributed by atoms with Crippen molar-refractivity contribution in [1.82, 2.24) is 0 Å². The highest BCUT2D eigenvalue weighted by Gasteiger charge is 2.25. The van der Waals surface area contributed by atoms with Crippen molar-refractivity contribution in [2.45, 2.75) is 24.3 Å². The Balaban J connectivity index is 1.65. The van der Waals surface area contributed by atoms with E-state index in [4.69, 9.17) is 8.92 Å². The van der Waals surface area contributed by atoms with Crippen LogP contribution in [0.4, 0.5) is 0 Å². The van der Waals surface area contributed by atoms with Crippen molar-refractivity contribution in [3.63, 3.8) is 0 Å². The third-order valence-electron chi connectivity index (χ3n) is 3.43. The van der Waals surface area contributed by atoms with Gasteiger partial charge in [0.2, 0.25) is 0 Å². The van der Waals surface area contributed by atoms with Gasteiger partial charge in [-0.05, 0) is 30.7 Å². The van der Waals surface area contributed by atoms with Crippen molar-refractivity contribution in [3.8, 4) is 5.75 Å². The summed E-state index contributed by atoms with van der Waals surface area (Å²) in [4.78, 5) is 0.170. The van der Waals surface area contributed by atoms with Gasteiger partial charge in [-0.15, -0.1) is 0 Å². The highest BCUT2D eigenvalue weighted by Crippen LogP contribution is 2.28. The zero-order valence-electron chi connectivity index (χ0n) is 11.7. The lowest BCUT2D eigenvalue weighted by Gasteiger charge is -2.11. The molecule has 0 N–H and O–H groups in total. The fourth-order valence-electron chi connectivity index (χ4n) is 2.29. The Labute approximate surface area is 124 Å². The first kappa shape index (κ1) is 14.1. The molecule has 110 valence electrons. The van der Waals surface area contributed by atoms with Crippen LogP contribution in [0.15, 0.2) is 53.4 Å². The van der Waals surface area contributed by atoms with Crippen molar-refractivity contribution in [2.75, 3.05) is 6.61 Å².